The molecule has 212 valence electrons. The van der Waals surface area contributed by atoms with Crippen molar-refractivity contribution >= 4 is 63.8 Å². The molecule has 45 heavy (non-hydrogen) atoms. The molecule has 0 aliphatic carbocycles. The summed E-state index contributed by atoms with van der Waals surface area (Å²) < 4.78 is 2.69. The van der Waals surface area contributed by atoms with Crippen LogP contribution in [0.1, 0.15) is 11.1 Å². The summed E-state index contributed by atoms with van der Waals surface area (Å²) >= 11 is 1.91. The van der Waals surface area contributed by atoms with Crippen LogP contribution in [0.4, 0.5) is 0 Å². The second-order valence-corrected chi connectivity index (χ2v) is 13.3. The molecule has 0 aliphatic heterocycles. The zero-order chi connectivity index (χ0) is 30.1. The Kier molecular flexibility index (Phi) is 5.91. The van der Waals surface area contributed by atoms with Crippen molar-refractivity contribution in [3.63, 3.8) is 0 Å². The van der Waals surface area contributed by atoms with Gasteiger partial charge in [-0.05, 0) is 80.0 Å². The zero-order valence-electron chi connectivity index (χ0n) is 25.3. The Morgan fingerprint density at radius 2 is 0.933 bits per heavy atom. The maximum Gasteiger partial charge on any atom is 0.0434 e. The maximum absolute atomic E-state index is 2.40. The van der Waals surface area contributed by atoms with Crippen LogP contribution in [-0.2, 0) is 0 Å². The predicted molar refractivity (Wildman–Crippen MR) is 198 cm³/mol. The van der Waals surface area contributed by atoms with Crippen molar-refractivity contribution in [3.8, 4) is 33.4 Å². The standard InChI is InChI=1S/C44H30S/c1-27-19-21-31-30(29-11-4-3-5-12-29)23-24-35(39(31)25-27)42-33-14-6-7-15-34(33)43(40-26-28(2)20-22-36(40)42)38-17-10-16-37-32-13-8-9-18-41(32)45-44(37)38/h3-26H,1-2H3. The van der Waals surface area contributed by atoms with E-state index in [0.717, 1.165) is 0 Å². The van der Waals surface area contributed by atoms with Crippen LogP contribution in [0.15, 0.2) is 146 Å². The van der Waals surface area contributed by atoms with Gasteiger partial charge in [-0.15, -0.1) is 11.3 Å². The summed E-state index contributed by atoms with van der Waals surface area (Å²) in [6.07, 6.45) is 0. The topological polar surface area (TPSA) is 0 Å². The molecule has 0 N–H and O–H groups in total. The lowest BCUT2D eigenvalue weighted by Crippen LogP contribution is -1.93. The summed E-state index contributed by atoms with van der Waals surface area (Å²) in [5.41, 5.74) is 10.3. The molecule has 0 nitrogen and oxygen atoms in total. The largest absolute Gasteiger partial charge is 0.135 e. The van der Waals surface area contributed by atoms with Gasteiger partial charge in [0.2, 0.25) is 0 Å². The minimum absolute atomic E-state index is 1.25. The van der Waals surface area contributed by atoms with Gasteiger partial charge in [0, 0.05) is 25.7 Å². The normalized spacial score (nSPS) is 11.8. The average Bonchev–Trinajstić information content (AvgIpc) is 3.46. The van der Waals surface area contributed by atoms with Crippen molar-refractivity contribution in [1.29, 1.82) is 0 Å². The van der Waals surface area contributed by atoms with Crippen molar-refractivity contribution in [2.45, 2.75) is 13.8 Å². The molecule has 1 heteroatoms. The number of benzene rings is 8. The van der Waals surface area contributed by atoms with E-state index in [9.17, 15) is 0 Å². The first-order valence-electron chi connectivity index (χ1n) is 15.6. The molecular weight excluding hydrogens is 561 g/mol. The molecule has 0 amide bonds. The van der Waals surface area contributed by atoms with Crippen molar-refractivity contribution in [2.75, 3.05) is 0 Å². The Balaban J connectivity index is 1.43. The first-order chi connectivity index (χ1) is 22.2. The van der Waals surface area contributed by atoms with E-state index >= 15 is 0 Å². The van der Waals surface area contributed by atoms with Crippen LogP contribution < -0.4 is 0 Å². The molecule has 9 rings (SSSR count). The molecule has 0 atom stereocenters. The van der Waals surface area contributed by atoms with E-state index < -0.39 is 0 Å². The summed E-state index contributed by atoms with van der Waals surface area (Å²) in [7, 11) is 0. The number of rotatable bonds is 3. The van der Waals surface area contributed by atoms with Gasteiger partial charge in [0.05, 0.1) is 0 Å². The third-order valence-corrected chi connectivity index (χ3v) is 10.6. The van der Waals surface area contributed by atoms with E-state index in [1.54, 1.807) is 0 Å². The molecule has 1 heterocycles. The summed E-state index contributed by atoms with van der Waals surface area (Å²) in [5.74, 6) is 0. The Hall–Kier alpha value is -5.24. The van der Waals surface area contributed by atoms with E-state index in [0.29, 0.717) is 0 Å². The van der Waals surface area contributed by atoms with Crippen LogP contribution in [0.25, 0.3) is 85.9 Å². The molecule has 0 spiro atoms. The van der Waals surface area contributed by atoms with Crippen molar-refractivity contribution in [3.05, 3.63) is 157 Å². The number of fused-ring (bicyclic) bond motifs is 6. The summed E-state index contributed by atoms with van der Waals surface area (Å²) in [5, 5.41) is 10.4. The predicted octanol–water partition coefficient (Wildman–Crippen LogP) is 13.1. The summed E-state index contributed by atoms with van der Waals surface area (Å²) in [6, 6.07) is 54.1. The van der Waals surface area contributed by atoms with Crippen LogP contribution in [0.5, 0.6) is 0 Å². The highest BCUT2D eigenvalue weighted by Gasteiger charge is 2.21. The molecule has 0 bridgehead atoms. The van der Waals surface area contributed by atoms with Crippen LogP contribution in [-0.4, -0.2) is 0 Å². The Morgan fingerprint density at radius 3 is 1.71 bits per heavy atom. The second kappa shape index (κ2) is 10.2. The van der Waals surface area contributed by atoms with Crippen LogP contribution in [0, 0.1) is 13.8 Å². The molecule has 0 unspecified atom stereocenters. The molecular formula is C44H30S. The molecule has 0 saturated heterocycles. The fourth-order valence-electron chi connectivity index (χ4n) is 7.37. The van der Waals surface area contributed by atoms with Crippen molar-refractivity contribution in [2.24, 2.45) is 0 Å². The van der Waals surface area contributed by atoms with Gasteiger partial charge in [-0.1, -0.05) is 151 Å². The van der Waals surface area contributed by atoms with Gasteiger partial charge >= 0.3 is 0 Å². The third kappa shape index (κ3) is 4.05. The Morgan fingerprint density at radius 1 is 0.356 bits per heavy atom. The highest BCUT2D eigenvalue weighted by Crippen LogP contribution is 2.49. The quantitative estimate of drug-likeness (QED) is 0.180. The van der Waals surface area contributed by atoms with Gasteiger partial charge in [-0.25, -0.2) is 0 Å². The molecule has 0 saturated carbocycles. The van der Waals surface area contributed by atoms with Crippen molar-refractivity contribution < 1.29 is 0 Å². The van der Waals surface area contributed by atoms with Crippen LogP contribution in [0.3, 0.4) is 0 Å². The van der Waals surface area contributed by atoms with E-state index in [4.69, 9.17) is 0 Å². The molecule has 1 aromatic heterocycles. The number of aryl methyl sites for hydroxylation is 2. The van der Waals surface area contributed by atoms with Gasteiger partial charge in [0.15, 0.2) is 0 Å². The summed E-state index contributed by atoms with van der Waals surface area (Å²) in [4.78, 5) is 0. The van der Waals surface area contributed by atoms with Gasteiger partial charge in [-0.2, -0.15) is 0 Å². The SMILES string of the molecule is Cc1ccc2c(-c3ccccc3)ccc(-c3c4ccccc4c(-c4cccc5c4sc4ccccc45)c4cc(C)ccc34)c2c1. The second-order valence-electron chi connectivity index (χ2n) is 12.2. The highest BCUT2D eigenvalue weighted by molar-refractivity contribution is 7.26. The van der Waals surface area contributed by atoms with E-state index in [1.165, 1.54) is 97.0 Å². The third-order valence-electron chi connectivity index (χ3n) is 9.38. The maximum atomic E-state index is 2.40. The smallest absolute Gasteiger partial charge is 0.0434 e. The zero-order valence-corrected chi connectivity index (χ0v) is 26.1. The molecule has 0 fully saturated rings. The van der Waals surface area contributed by atoms with E-state index in [2.05, 4.69) is 159 Å². The van der Waals surface area contributed by atoms with Crippen LogP contribution >= 0.6 is 11.3 Å². The molecule has 9 aromatic rings. The fourth-order valence-corrected chi connectivity index (χ4v) is 8.59. The minimum Gasteiger partial charge on any atom is -0.135 e. The first-order valence-corrected chi connectivity index (χ1v) is 16.4. The fraction of sp³-hybridized carbons (Fsp3) is 0.0455. The lowest BCUT2D eigenvalue weighted by molar-refractivity contribution is 1.50. The van der Waals surface area contributed by atoms with Gasteiger partial charge in [0.1, 0.15) is 0 Å². The number of hydrogen-bond acceptors (Lipinski definition) is 1. The van der Waals surface area contributed by atoms with Gasteiger partial charge in [-0.3, -0.25) is 0 Å². The van der Waals surface area contributed by atoms with Gasteiger partial charge in [0.25, 0.3) is 0 Å². The molecule has 8 aromatic carbocycles. The lowest BCUT2D eigenvalue weighted by atomic mass is 9.83. The monoisotopic (exact) mass is 590 g/mol. The summed E-state index contributed by atoms with van der Waals surface area (Å²) in [6.45, 7) is 4.41. The molecule has 0 aliphatic rings. The van der Waals surface area contributed by atoms with Crippen molar-refractivity contribution in [1.82, 2.24) is 0 Å². The average molecular weight is 591 g/mol. The van der Waals surface area contributed by atoms with Gasteiger partial charge < -0.3 is 0 Å². The van der Waals surface area contributed by atoms with Crippen LogP contribution in [0.2, 0.25) is 0 Å². The highest BCUT2D eigenvalue weighted by atomic mass is 32.1. The van der Waals surface area contributed by atoms with E-state index in [-0.39, 0.29) is 0 Å². The number of hydrogen-bond donors (Lipinski definition) is 0. The number of thiophene rings is 1. The Bertz CT molecular complexity index is 2600. The first kappa shape index (κ1) is 26.2. The molecule has 0 radical (unpaired) electrons. The lowest BCUT2D eigenvalue weighted by Gasteiger charge is -2.20. The van der Waals surface area contributed by atoms with E-state index in [1.807, 2.05) is 11.3 Å². The minimum atomic E-state index is 1.25. The Labute approximate surface area is 266 Å².